The van der Waals surface area contributed by atoms with Crippen molar-refractivity contribution in [3.8, 4) is 0 Å². The standard InChI is InChI=1S/C13H16N2O6.C11H14N2O4.C9H10N2O4.2CO2/c1-13(12(17)20-2,6-3-7-21-9-16)11-5-4-10(8-14-11)15(18)19;1-9(3-2-6-17-8-14)11-5-4-10(7-12-11)13(15)16;12-9(13)3-1-2-7-4-5-8(6-10-7)11(14)15;2*2-1-3/h4-5,8-9H,3,6-7H2,1-2H3;4-5,7-9H,2-3,6H2,1H3;4-6H,1-3H2,(H,12,13);;. The molecule has 3 aromatic rings. The first-order valence-corrected chi connectivity index (χ1v) is 16.7. The van der Waals surface area contributed by atoms with Gasteiger partial charge in [0, 0.05) is 36.0 Å². The van der Waals surface area contributed by atoms with Gasteiger partial charge in [-0.2, -0.15) is 19.2 Å². The van der Waals surface area contributed by atoms with Crippen molar-refractivity contribution >= 4 is 54.2 Å². The fourth-order valence-corrected chi connectivity index (χ4v) is 4.50. The smallest absolute Gasteiger partial charge is 0.373 e. The Balaban J connectivity index is 0. The molecule has 2 unspecified atom stereocenters. The van der Waals surface area contributed by atoms with E-state index in [-0.39, 0.29) is 48.3 Å². The van der Waals surface area contributed by atoms with E-state index < -0.39 is 32.1 Å². The van der Waals surface area contributed by atoms with Gasteiger partial charge in [0.25, 0.3) is 30.0 Å². The van der Waals surface area contributed by atoms with Crippen LogP contribution in [-0.2, 0) is 64.4 Å². The molecule has 0 saturated carbocycles. The van der Waals surface area contributed by atoms with Crippen LogP contribution in [0, 0.1) is 30.3 Å². The summed E-state index contributed by atoms with van der Waals surface area (Å²) in [6.45, 7) is 4.93. The van der Waals surface area contributed by atoms with Crippen LogP contribution in [0.15, 0.2) is 55.0 Å². The molecule has 59 heavy (non-hydrogen) atoms. The van der Waals surface area contributed by atoms with Gasteiger partial charge in [-0.25, -0.2) is 0 Å². The lowest BCUT2D eigenvalue weighted by molar-refractivity contribution is -0.385. The first-order valence-electron chi connectivity index (χ1n) is 16.7. The molecule has 3 aromatic heterocycles. The van der Waals surface area contributed by atoms with Crippen LogP contribution in [0.1, 0.15) is 75.4 Å². The van der Waals surface area contributed by atoms with Gasteiger partial charge in [-0.05, 0) is 69.6 Å². The van der Waals surface area contributed by atoms with Gasteiger partial charge in [0.1, 0.15) is 24.0 Å². The number of carboxylic acids is 1. The fraction of sp³-hybridized carbons (Fsp3) is 0.400. The fourth-order valence-electron chi connectivity index (χ4n) is 4.50. The van der Waals surface area contributed by atoms with Crippen molar-refractivity contribution in [2.75, 3.05) is 20.3 Å². The number of pyridine rings is 3. The third-order valence-corrected chi connectivity index (χ3v) is 7.46. The van der Waals surface area contributed by atoms with E-state index in [1.807, 2.05) is 6.92 Å². The van der Waals surface area contributed by atoms with Crippen LogP contribution in [0.5, 0.6) is 0 Å². The lowest BCUT2D eigenvalue weighted by atomic mass is 9.81. The molecular weight excluding hydrogens is 792 g/mol. The van der Waals surface area contributed by atoms with E-state index in [4.69, 9.17) is 29.0 Å². The molecule has 0 bridgehead atoms. The zero-order valence-corrected chi connectivity index (χ0v) is 31.9. The van der Waals surface area contributed by atoms with E-state index in [2.05, 4.69) is 24.4 Å². The maximum Gasteiger partial charge on any atom is 0.373 e. The van der Waals surface area contributed by atoms with E-state index in [0.29, 0.717) is 56.6 Å². The molecular formula is C35H40N6O18. The van der Waals surface area contributed by atoms with Gasteiger partial charge in [-0.1, -0.05) is 6.92 Å². The highest BCUT2D eigenvalue weighted by molar-refractivity contribution is 5.82. The normalized spacial score (nSPS) is 10.8. The number of ether oxygens (including phenoxy) is 3. The van der Waals surface area contributed by atoms with Gasteiger partial charge in [0.2, 0.25) is 0 Å². The minimum atomic E-state index is -1.06. The molecule has 0 radical (unpaired) electrons. The van der Waals surface area contributed by atoms with Crippen LogP contribution in [0.4, 0.5) is 17.1 Å². The number of rotatable bonds is 20. The quantitative estimate of drug-likeness (QED) is 0.0424. The van der Waals surface area contributed by atoms with E-state index in [1.54, 1.807) is 19.1 Å². The zero-order valence-electron chi connectivity index (χ0n) is 31.9. The summed E-state index contributed by atoms with van der Waals surface area (Å²) in [4.78, 5) is 116. The van der Waals surface area contributed by atoms with Crippen LogP contribution in [0.3, 0.4) is 0 Å². The maximum atomic E-state index is 12.0. The molecule has 0 aliphatic rings. The number of aromatic nitrogens is 3. The van der Waals surface area contributed by atoms with Crippen LogP contribution in [-0.4, -0.2) is 92.3 Å². The molecule has 0 amide bonds. The van der Waals surface area contributed by atoms with Gasteiger partial charge < -0.3 is 19.3 Å². The number of aryl methyl sites for hydroxylation is 1. The number of carboxylic acid groups (broad SMARTS) is 1. The molecule has 2 atom stereocenters. The van der Waals surface area contributed by atoms with Crippen molar-refractivity contribution in [3.05, 3.63) is 102 Å². The van der Waals surface area contributed by atoms with Gasteiger partial charge in [-0.15, -0.1) is 0 Å². The average molecular weight is 833 g/mol. The molecule has 0 fully saturated rings. The first kappa shape index (κ1) is 53.4. The second-order valence-corrected chi connectivity index (χ2v) is 11.4. The molecule has 0 saturated heterocycles. The van der Waals surface area contributed by atoms with E-state index in [9.17, 15) is 49.5 Å². The number of hydrogen-bond acceptors (Lipinski definition) is 20. The molecule has 0 spiro atoms. The van der Waals surface area contributed by atoms with Crippen molar-refractivity contribution < 1.29 is 72.4 Å². The average Bonchev–Trinajstić information content (AvgIpc) is 3.22. The highest BCUT2D eigenvalue weighted by Crippen LogP contribution is 2.30. The molecule has 24 nitrogen and oxygen atoms in total. The largest absolute Gasteiger partial charge is 0.481 e. The molecule has 3 heterocycles. The number of aliphatic carboxylic acids is 1. The van der Waals surface area contributed by atoms with E-state index in [0.717, 1.165) is 24.7 Å². The Morgan fingerprint density at radius 2 is 1.25 bits per heavy atom. The number of methoxy groups -OCH3 is 1. The third-order valence-electron chi connectivity index (χ3n) is 7.46. The van der Waals surface area contributed by atoms with Crippen molar-refractivity contribution in [3.63, 3.8) is 0 Å². The zero-order chi connectivity index (χ0) is 45.2. The summed E-state index contributed by atoms with van der Waals surface area (Å²) in [7, 11) is 1.26. The third kappa shape index (κ3) is 23.1. The number of nitro groups is 3. The minimum Gasteiger partial charge on any atom is -0.481 e. The van der Waals surface area contributed by atoms with Gasteiger partial charge >= 0.3 is 24.2 Å². The monoisotopic (exact) mass is 832 g/mol. The predicted octanol–water partition coefficient (Wildman–Crippen LogP) is 3.65. The summed E-state index contributed by atoms with van der Waals surface area (Å²) in [5, 5.41) is 39.8. The maximum absolute atomic E-state index is 12.0. The van der Waals surface area contributed by atoms with Crippen molar-refractivity contribution in [1.82, 2.24) is 15.0 Å². The summed E-state index contributed by atoms with van der Waals surface area (Å²) in [6.07, 6.45) is 7.45. The van der Waals surface area contributed by atoms with Crippen molar-refractivity contribution in [1.29, 1.82) is 0 Å². The summed E-state index contributed by atoms with van der Waals surface area (Å²) in [5.74, 6) is -1.17. The second kappa shape index (κ2) is 31.5. The van der Waals surface area contributed by atoms with E-state index in [1.165, 1.54) is 43.8 Å². The predicted molar refractivity (Wildman–Crippen MR) is 194 cm³/mol. The number of hydrogen-bond donors (Lipinski definition) is 1. The lowest BCUT2D eigenvalue weighted by Crippen LogP contribution is -2.35. The topological polar surface area (TPSA) is 353 Å². The Kier molecular flexibility index (Phi) is 28.5. The Morgan fingerprint density at radius 3 is 1.64 bits per heavy atom. The summed E-state index contributed by atoms with van der Waals surface area (Å²) < 4.78 is 13.9. The molecule has 318 valence electrons. The SMILES string of the molecule is CC(CCCOC=O)c1ccc([N+](=O)[O-])cn1.COC(=O)C(C)(CCCOC=O)c1ccc([N+](=O)[O-])cn1.O=C(O)CCCc1ccc([N+](=O)[O-])cn1.O=C=O.O=C=O. The van der Waals surface area contributed by atoms with Gasteiger partial charge in [0.05, 0.1) is 40.8 Å². The molecule has 0 aliphatic carbocycles. The van der Waals surface area contributed by atoms with Crippen LogP contribution < -0.4 is 0 Å². The summed E-state index contributed by atoms with van der Waals surface area (Å²) in [6, 6.07) is 8.72. The van der Waals surface area contributed by atoms with Crippen molar-refractivity contribution in [2.45, 2.75) is 70.1 Å². The summed E-state index contributed by atoms with van der Waals surface area (Å²) in [5.41, 5.74) is 0.558. The van der Waals surface area contributed by atoms with Gasteiger partial charge in [-0.3, -0.25) is 64.5 Å². The van der Waals surface area contributed by atoms with Gasteiger partial charge in [0.15, 0.2) is 0 Å². The number of carbonyl (C=O) groups is 4. The van der Waals surface area contributed by atoms with Crippen LogP contribution in [0.25, 0.3) is 0 Å². The van der Waals surface area contributed by atoms with E-state index >= 15 is 0 Å². The molecule has 0 aliphatic heterocycles. The highest BCUT2D eigenvalue weighted by atomic mass is 16.6. The van der Waals surface area contributed by atoms with Crippen LogP contribution >= 0.6 is 0 Å². The molecule has 1 N–H and O–H groups in total. The second-order valence-electron chi connectivity index (χ2n) is 11.4. The summed E-state index contributed by atoms with van der Waals surface area (Å²) >= 11 is 0. The Hall–Kier alpha value is -7.71. The molecule has 0 aromatic carbocycles. The Labute approximate surface area is 334 Å². The molecule has 24 heteroatoms. The highest BCUT2D eigenvalue weighted by Gasteiger charge is 2.37. The van der Waals surface area contributed by atoms with Crippen LogP contribution in [0.2, 0.25) is 0 Å². The Morgan fingerprint density at radius 1 is 0.780 bits per heavy atom. The first-order chi connectivity index (χ1) is 28.0. The van der Waals surface area contributed by atoms with Crippen molar-refractivity contribution in [2.24, 2.45) is 0 Å². The number of carbonyl (C=O) groups excluding carboxylic acids is 7. The minimum absolute atomic E-state index is 0.00904. The number of nitrogens with zero attached hydrogens (tertiary/aromatic N) is 6. The lowest BCUT2D eigenvalue weighted by Gasteiger charge is -2.25. The number of esters is 1. The Bertz CT molecular complexity index is 1820. The molecule has 3 rings (SSSR count).